The van der Waals surface area contributed by atoms with Gasteiger partial charge in [0.1, 0.15) is 11.5 Å². The van der Waals surface area contributed by atoms with E-state index in [0.29, 0.717) is 17.5 Å². The van der Waals surface area contributed by atoms with Crippen molar-refractivity contribution in [1.82, 2.24) is 19.4 Å². The molecule has 3 aromatic rings. The average molecular weight is 348 g/mol. The number of rotatable bonds is 2. The van der Waals surface area contributed by atoms with Gasteiger partial charge in [-0.3, -0.25) is 9.20 Å². The highest BCUT2D eigenvalue weighted by Gasteiger charge is 2.41. The first-order valence-corrected chi connectivity index (χ1v) is 8.95. The smallest absolute Gasteiger partial charge is 0.259 e. The highest BCUT2D eigenvalue weighted by molar-refractivity contribution is 5.49. The van der Waals surface area contributed by atoms with Gasteiger partial charge < -0.3 is 9.80 Å². The minimum Gasteiger partial charge on any atom is -0.356 e. The molecule has 3 aromatic heterocycles. The SMILES string of the molecule is Cc1ccnc(N2CC3CN(c4cc(=O)n5ccccc5n4)CC3C2)n1. The van der Waals surface area contributed by atoms with Crippen LogP contribution in [0.25, 0.3) is 5.65 Å². The molecule has 0 spiro atoms. The molecule has 2 unspecified atom stereocenters. The fourth-order valence-electron chi connectivity index (χ4n) is 4.13. The quantitative estimate of drug-likeness (QED) is 0.697. The predicted molar refractivity (Wildman–Crippen MR) is 99.6 cm³/mol. The Labute approximate surface area is 151 Å². The average Bonchev–Trinajstić information content (AvgIpc) is 3.21. The summed E-state index contributed by atoms with van der Waals surface area (Å²) in [5.41, 5.74) is 1.66. The predicted octanol–water partition coefficient (Wildman–Crippen LogP) is 1.37. The Balaban J connectivity index is 1.36. The Morgan fingerprint density at radius 1 is 1.00 bits per heavy atom. The number of nitrogens with zero attached hydrogens (tertiary/aromatic N) is 6. The van der Waals surface area contributed by atoms with Crippen LogP contribution < -0.4 is 15.4 Å². The van der Waals surface area contributed by atoms with Crippen LogP contribution in [0, 0.1) is 18.8 Å². The maximum atomic E-state index is 12.3. The van der Waals surface area contributed by atoms with Crippen LogP contribution in [0.3, 0.4) is 0 Å². The van der Waals surface area contributed by atoms with Crippen molar-refractivity contribution in [2.24, 2.45) is 11.8 Å². The summed E-state index contributed by atoms with van der Waals surface area (Å²) in [4.78, 5) is 30.5. The molecular formula is C19H20N6O. The Bertz CT molecular complexity index is 1020. The van der Waals surface area contributed by atoms with Gasteiger partial charge in [0, 0.05) is 62.2 Å². The molecule has 5 heterocycles. The number of anilines is 2. The number of pyridine rings is 1. The van der Waals surface area contributed by atoms with Gasteiger partial charge in [0.25, 0.3) is 5.56 Å². The van der Waals surface area contributed by atoms with Gasteiger partial charge in [-0.2, -0.15) is 0 Å². The van der Waals surface area contributed by atoms with E-state index in [-0.39, 0.29) is 5.56 Å². The van der Waals surface area contributed by atoms with E-state index < -0.39 is 0 Å². The maximum absolute atomic E-state index is 12.3. The summed E-state index contributed by atoms with van der Waals surface area (Å²) in [5, 5.41) is 0. The molecule has 2 atom stereocenters. The van der Waals surface area contributed by atoms with Crippen molar-refractivity contribution in [3.63, 3.8) is 0 Å². The van der Waals surface area contributed by atoms with Gasteiger partial charge in [-0.25, -0.2) is 15.0 Å². The van der Waals surface area contributed by atoms with Crippen LogP contribution in [0.2, 0.25) is 0 Å². The lowest BCUT2D eigenvalue weighted by molar-refractivity contribution is 0.533. The van der Waals surface area contributed by atoms with Crippen molar-refractivity contribution in [3.8, 4) is 0 Å². The van der Waals surface area contributed by atoms with Crippen LogP contribution in [0.5, 0.6) is 0 Å². The molecule has 2 saturated heterocycles. The van der Waals surface area contributed by atoms with E-state index in [2.05, 4.69) is 24.8 Å². The highest BCUT2D eigenvalue weighted by atomic mass is 16.1. The van der Waals surface area contributed by atoms with E-state index in [1.54, 1.807) is 16.7 Å². The topological polar surface area (TPSA) is 66.6 Å². The molecule has 0 radical (unpaired) electrons. The molecule has 132 valence electrons. The zero-order valence-corrected chi connectivity index (χ0v) is 14.6. The monoisotopic (exact) mass is 348 g/mol. The van der Waals surface area contributed by atoms with Gasteiger partial charge in [-0.1, -0.05) is 6.07 Å². The second-order valence-electron chi connectivity index (χ2n) is 7.21. The minimum atomic E-state index is -0.0301. The third-order valence-corrected chi connectivity index (χ3v) is 5.43. The van der Waals surface area contributed by atoms with Crippen molar-refractivity contribution in [2.45, 2.75) is 6.92 Å². The Kier molecular flexibility index (Phi) is 3.41. The number of aryl methyl sites for hydroxylation is 1. The molecule has 0 aromatic carbocycles. The van der Waals surface area contributed by atoms with E-state index in [9.17, 15) is 4.79 Å². The first-order valence-electron chi connectivity index (χ1n) is 8.95. The first-order chi connectivity index (χ1) is 12.7. The van der Waals surface area contributed by atoms with E-state index >= 15 is 0 Å². The fraction of sp³-hybridized carbons (Fsp3) is 0.368. The van der Waals surface area contributed by atoms with E-state index in [0.717, 1.165) is 43.6 Å². The summed E-state index contributed by atoms with van der Waals surface area (Å²) in [6, 6.07) is 9.20. The Hall–Kier alpha value is -2.96. The summed E-state index contributed by atoms with van der Waals surface area (Å²) in [6.45, 7) is 5.74. The largest absolute Gasteiger partial charge is 0.356 e. The summed E-state index contributed by atoms with van der Waals surface area (Å²) in [6.07, 6.45) is 3.58. The number of hydrogen-bond donors (Lipinski definition) is 0. The second kappa shape index (κ2) is 5.79. The molecular weight excluding hydrogens is 328 g/mol. The Morgan fingerprint density at radius 2 is 1.77 bits per heavy atom. The molecule has 0 N–H and O–H groups in total. The summed E-state index contributed by atoms with van der Waals surface area (Å²) >= 11 is 0. The third-order valence-electron chi connectivity index (χ3n) is 5.43. The molecule has 0 amide bonds. The van der Waals surface area contributed by atoms with Crippen LogP contribution in [0.15, 0.2) is 47.5 Å². The number of hydrogen-bond acceptors (Lipinski definition) is 6. The third kappa shape index (κ3) is 2.51. The lowest BCUT2D eigenvalue weighted by Crippen LogP contribution is -2.31. The normalized spacial score (nSPS) is 22.2. The lowest BCUT2D eigenvalue weighted by Gasteiger charge is -2.22. The van der Waals surface area contributed by atoms with Crippen LogP contribution in [-0.4, -0.2) is 45.5 Å². The van der Waals surface area contributed by atoms with E-state index in [1.165, 1.54) is 0 Å². The van der Waals surface area contributed by atoms with E-state index in [4.69, 9.17) is 0 Å². The van der Waals surface area contributed by atoms with Gasteiger partial charge >= 0.3 is 0 Å². The number of aromatic nitrogens is 4. The van der Waals surface area contributed by atoms with Crippen molar-refractivity contribution >= 4 is 17.4 Å². The van der Waals surface area contributed by atoms with Crippen LogP contribution in [0.4, 0.5) is 11.8 Å². The van der Waals surface area contributed by atoms with Gasteiger partial charge in [-0.15, -0.1) is 0 Å². The summed E-state index contributed by atoms with van der Waals surface area (Å²) in [7, 11) is 0. The summed E-state index contributed by atoms with van der Waals surface area (Å²) < 4.78 is 1.58. The van der Waals surface area contributed by atoms with Crippen LogP contribution in [0.1, 0.15) is 5.69 Å². The van der Waals surface area contributed by atoms with Crippen molar-refractivity contribution in [1.29, 1.82) is 0 Å². The fourth-order valence-corrected chi connectivity index (χ4v) is 4.13. The van der Waals surface area contributed by atoms with Gasteiger partial charge in [0.2, 0.25) is 5.95 Å². The van der Waals surface area contributed by atoms with Crippen LogP contribution in [-0.2, 0) is 0 Å². The Morgan fingerprint density at radius 3 is 2.54 bits per heavy atom. The molecule has 2 fully saturated rings. The van der Waals surface area contributed by atoms with Gasteiger partial charge in [-0.05, 0) is 25.1 Å². The molecule has 7 heteroatoms. The maximum Gasteiger partial charge on any atom is 0.259 e. The van der Waals surface area contributed by atoms with Crippen LogP contribution >= 0.6 is 0 Å². The lowest BCUT2D eigenvalue weighted by atomic mass is 10.0. The molecule has 26 heavy (non-hydrogen) atoms. The standard InChI is InChI=1S/C19H20N6O/c1-13-5-6-20-19(21-13)24-11-14-9-23(10-15(14)12-24)17-8-18(26)25-7-3-2-4-16(25)22-17/h2-8,14-15H,9-12H2,1H3. The summed E-state index contributed by atoms with van der Waals surface area (Å²) in [5.74, 6) is 2.72. The molecule has 7 nitrogen and oxygen atoms in total. The second-order valence-corrected chi connectivity index (χ2v) is 7.21. The molecule has 0 aliphatic carbocycles. The first kappa shape index (κ1) is 15.3. The molecule has 0 saturated carbocycles. The van der Waals surface area contributed by atoms with Crippen molar-refractivity contribution in [2.75, 3.05) is 36.0 Å². The van der Waals surface area contributed by atoms with Gasteiger partial charge in [0.15, 0.2) is 0 Å². The highest BCUT2D eigenvalue weighted by Crippen LogP contribution is 2.34. The number of fused-ring (bicyclic) bond motifs is 2. The van der Waals surface area contributed by atoms with Crippen molar-refractivity contribution in [3.05, 3.63) is 58.8 Å². The minimum absolute atomic E-state index is 0.0301. The molecule has 2 aliphatic rings. The molecule has 5 rings (SSSR count). The van der Waals surface area contributed by atoms with E-state index in [1.807, 2.05) is 37.4 Å². The van der Waals surface area contributed by atoms with Gasteiger partial charge in [0.05, 0.1) is 0 Å². The van der Waals surface area contributed by atoms with Crippen molar-refractivity contribution < 1.29 is 0 Å². The molecule has 2 aliphatic heterocycles. The zero-order chi connectivity index (χ0) is 17.7. The molecule has 0 bridgehead atoms. The zero-order valence-electron chi connectivity index (χ0n) is 14.6.